The van der Waals surface area contributed by atoms with Gasteiger partial charge in [-0.2, -0.15) is 0 Å². The van der Waals surface area contributed by atoms with Crippen LogP contribution in [0.2, 0.25) is 10.0 Å². The molecule has 0 radical (unpaired) electrons. The molecule has 0 aliphatic heterocycles. The van der Waals surface area contributed by atoms with Crippen LogP contribution in [0.15, 0.2) is 36.4 Å². The molecule has 0 aliphatic carbocycles. The molecule has 2 aromatic carbocycles. The fourth-order valence-corrected chi connectivity index (χ4v) is 2.25. The standard InChI is InChI=1S/C17H14Cl2FNO4/c1-10-2-4-12(7-14(10)20)21-16(22)8-25-17(23)9-24-15-5-3-11(18)6-13(15)19/h2-7H,8-9H2,1H3,(H,21,22). The van der Waals surface area contributed by atoms with Crippen molar-refractivity contribution in [2.24, 2.45) is 0 Å². The molecule has 0 unspecified atom stereocenters. The van der Waals surface area contributed by atoms with Gasteiger partial charge in [-0.15, -0.1) is 0 Å². The summed E-state index contributed by atoms with van der Waals surface area (Å²) >= 11 is 11.6. The molecule has 0 spiro atoms. The van der Waals surface area contributed by atoms with Gasteiger partial charge in [0, 0.05) is 10.7 Å². The zero-order valence-corrected chi connectivity index (χ0v) is 14.7. The average Bonchev–Trinajstić information content (AvgIpc) is 2.55. The van der Waals surface area contributed by atoms with Gasteiger partial charge in [0.1, 0.15) is 11.6 Å². The molecule has 5 nitrogen and oxygen atoms in total. The molecule has 25 heavy (non-hydrogen) atoms. The summed E-state index contributed by atoms with van der Waals surface area (Å²) in [6.45, 7) is 0.662. The summed E-state index contributed by atoms with van der Waals surface area (Å²) in [7, 11) is 0. The van der Waals surface area contributed by atoms with E-state index in [0.29, 0.717) is 10.6 Å². The fraction of sp³-hybridized carbons (Fsp3) is 0.176. The molecule has 0 aliphatic rings. The van der Waals surface area contributed by atoms with E-state index in [-0.39, 0.29) is 16.5 Å². The Morgan fingerprint density at radius 3 is 2.56 bits per heavy atom. The molecule has 0 atom stereocenters. The molecule has 8 heteroatoms. The number of hydrogen-bond donors (Lipinski definition) is 1. The molecular formula is C17H14Cl2FNO4. The molecule has 132 valence electrons. The van der Waals surface area contributed by atoms with E-state index in [1.807, 2.05) is 0 Å². The van der Waals surface area contributed by atoms with E-state index in [0.717, 1.165) is 0 Å². The highest BCUT2D eigenvalue weighted by Crippen LogP contribution is 2.27. The van der Waals surface area contributed by atoms with E-state index in [1.54, 1.807) is 19.1 Å². The van der Waals surface area contributed by atoms with Gasteiger partial charge >= 0.3 is 5.97 Å². The van der Waals surface area contributed by atoms with Gasteiger partial charge in [0.25, 0.3) is 5.91 Å². The van der Waals surface area contributed by atoms with Crippen LogP contribution < -0.4 is 10.1 Å². The molecule has 1 amide bonds. The Labute approximate surface area is 153 Å². The summed E-state index contributed by atoms with van der Waals surface area (Å²) in [5.74, 6) is -1.52. The first-order valence-electron chi connectivity index (χ1n) is 7.14. The van der Waals surface area contributed by atoms with Gasteiger partial charge in [-0.1, -0.05) is 29.3 Å². The third-order valence-electron chi connectivity index (χ3n) is 3.06. The van der Waals surface area contributed by atoms with Crippen molar-refractivity contribution in [1.29, 1.82) is 0 Å². The van der Waals surface area contributed by atoms with Gasteiger partial charge in [0.15, 0.2) is 13.2 Å². The van der Waals surface area contributed by atoms with Crippen LogP contribution in [0.4, 0.5) is 10.1 Å². The lowest BCUT2D eigenvalue weighted by molar-refractivity contribution is -0.149. The summed E-state index contributed by atoms with van der Waals surface area (Å²) < 4.78 is 23.4. The highest BCUT2D eigenvalue weighted by molar-refractivity contribution is 6.35. The third-order valence-corrected chi connectivity index (χ3v) is 3.59. The summed E-state index contributed by atoms with van der Waals surface area (Å²) in [5, 5.41) is 3.11. The first kappa shape index (κ1) is 19.0. The van der Waals surface area contributed by atoms with E-state index in [4.69, 9.17) is 32.7 Å². The van der Waals surface area contributed by atoms with Gasteiger partial charge in [-0.3, -0.25) is 4.79 Å². The minimum Gasteiger partial charge on any atom is -0.480 e. The lowest BCUT2D eigenvalue weighted by atomic mass is 10.2. The van der Waals surface area contributed by atoms with E-state index >= 15 is 0 Å². The van der Waals surface area contributed by atoms with Crippen molar-refractivity contribution < 1.29 is 23.5 Å². The second-order valence-corrected chi connectivity index (χ2v) is 5.88. The van der Waals surface area contributed by atoms with Crippen LogP contribution in [-0.4, -0.2) is 25.1 Å². The molecule has 0 aromatic heterocycles. The maximum absolute atomic E-state index is 13.4. The minimum absolute atomic E-state index is 0.249. The lowest BCUT2D eigenvalue weighted by Crippen LogP contribution is -2.23. The van der Waals surface area contributed by atoms with E-state index in [1.165, 1.54) is 24.3 Å². The molecular weight excluding hydrogens is 372 g/mol. The van der Waals surface area contributed by atoms with Gasteiger partial charge < -0.3 is 14.8 Å². The summed E-state index contributed by atoms with van der Waals surface area (Å²) in [6, 6.07) is 8.79. The van der Waals surface area contributed by atoms with Crippen LogP contribution in [0.5, 0.6) is 5.75 Å². The zero-order valence-electron chi connectivity index (χ0n) is 13.1. The number of aryl methyl sites for hydroxylation is 1. The Morgan fingerprint density at radius 2 is 1.88 bits per heavy atom. The van der Waals surface area contributed by atoms with Gasteiger partial charge in [0.2, 0.25) is 0 Å². The minimum atomic E-state index is -0.753. The number of carbonyl (C=O) groups is 2. The maximum Gasteiger partial charge on any atom is 0.344 e. The van der Waals surface area contributed by atoms with Crippen LogP contribution in [0, 0.1) is 12.7 Å². The van der Waals surface area contributed by atoms with Crippen LogP contribution >= 0.6 is 23.2 Å². The van der Waals surface area contributed by atoms with Crippen molar-refractivity contribution in [3.05, 3.63) is 57.8 Å². The number of ether oxygens (including phenoxy) is 2. The Hall–Kier alpha value is -2.31. The van der Waals surface area contributed by atoms with Crippen molar-refractivity contribution in [3.8, 4) is 5.75 Å². The fourth-order valence-electron chi connectivity index (χ4n) is 1.78. The van der Waals surface area contributed by atoms with Crippen molar-refractivity contribution >= 4 is 40.8 Å². The van der Waals surface area contributed by atoms with Crippen LogP contribution in [0.3, 0.4) is 0 Å². The van der Waals surface area contributed by atoms with Crippen LogP contribution in [0.25, 0.3) is 0 Å². The smallest absolute Gasteiger partial charge is 0.344 e. The highest BCUT2D eigenvalue weighted by atomic mass is 35.5. The van der Waals surface area contributed by atoms with Crippen molar-refractivity contribution in [2.45, 2.75) is 6.92 Å². The maximum atomic E-state index is 13.4. The van der Waals surface area contributed by atoms with Crippen molar-refractivity contribution in [2.75, 3.05) is 18.5 Å². The zero-order chi connectivity index (χ0) is 18.4. The number of rotatable bonds is 6. The predicted octanol–water partition coefficient (Wildman–Crippen LogP) is 4.00. The largest absolute Gasteiger partial charge is 0.480 e. The number of amides is 1. The summed E-state index contributed by atoms with van der Waals surface area (Å²) in [6.07, 6.45) is 0. The quantitative estimate of drug-likeness (QED) is 0.763. The Morgan fingerprint density at radius 1 is 1.12 bits per heavy atom. The number of carbonyl (C=O) groups excluding carboxylic acids is 2. The van der Waals surface area contributed by atoms with Gasteiger partial charge in [-0.05, 0) is 42.8 Å². The van der Waals surface area contributed by atoms with Crippen molar-refractivity contribution in [1.82, 2.24) is 0 Å². The number of benzene rings is 2. The average molecular weight is 386 g/mol. The normalized spacial score (nSPS) is 10.2. The number of hydrogen-bond acceptors (Lipinski definition) is 4. The second kappa shape index (κ2) is 8.69. The Kier molecular flexibility index (Phi) is 6.61. The van der Waals surface area contributed by atoms with Crippen LogP contribution in [0.1, 0.15) is 5.56 Å². The Balaban J connectivity index is 1.77. The predicted molar refractivity (Wildman–Crippen MR) is 92.7 cm³/mol. The molecule has 2 aromatic rings. The molecule has 0 bridgehead atoms. The van der Waals surface area contributed by atoms with Gasteiger partial charge in [0.05, 0.1) is 5.02 Å². The number of halogens is 3. The number of nitrogens with one attached hydrogen (secondary N) is 1. The van der Waals surface area contributed by atoms with Crippen LogP contribution in [-0.2, 0) is 14.3 Å². The van der Waals surface area contributed by atoms with E-state index in [2.05, 4.69) is 5.32 Å². The molecule has 0 saturated carbocycles. The first-order chi connectivity index (χ1) is 11.8. The molecule has 2 rings (SSSR count). The molecule has 1 N–H and O–H groups in total. The summed E-state index contributed by atoms with van der Waals surface area (Å²) in [4.78, 5) is 23.3. The highest BCUT2D eigenvalue weighted by Gasteiger charge is 2.11. The topological polar surface area (TPSA) is 64.6 Å². The molecule has 0 heterocycles. The number of esters is 1. The second-order valence-electron chi connectivity index (χ2n) is 5.04. The first-order valence-corrected chi connectivity index (χ1v) is 7.90. The van der Waals surface area contributed by atoms with E-state index < -0.39 is 30.9 Å². The molecule has 0 saturated heterocycles. The summed E-state index contributed by atoms with van der Waals surface area (Å²) in [5.41, 5.74) is 0.732. The SMILES string of the molecule is Cc1ccc(NC(=O)COC(=O)COc2ccc(Cl)cc2Cl)cc1F. The van der Waals surface area contributed by atoms with E-state index in [9.17, 15) is 14.0 Å². The number of anilines is 1. The van der Waals surface area contributed by atoms with Gasteiger partial charge in [-0.25, -0.2) is 9.18 Å². The third kappa shape index (κ3) is 5.92. The lowest BCUT2D eigenvalue weighted by Gasteiger charge is -2.09. The van der Waals surface area contributed by atoms with Crippen molar-refractivity contribution in [3.63, 3.8) is 0 Å². The molecule has 0 fully saturated rings. The monoisotopic (exact) mass is 385 g/mol. The Bertz CT molecular complexity index is 798.